The lowest BCUT2D eigenvalue weighted by atomic mass is 9.74. The number of nitrogens with one attached hydrogen (secondary N) is 1. The van der Waals surface area contributed by atoms with Gasteiger partial charge < -0.3 is 15.2 Å². The van der Waals surface area contributed by atoms with Crippen molar-refractivity contribution in [2.24, 2.45) is 5.41 Å². The van der Waals surface area contributed by atoms with Crippen LogP contribution in [-0.2, 0) is 9.59 Å². The van der Waals surface area contributed by atoms with Crippen LogP contribution in [0.5, 0.6) is 5.75 Å². The number of methoxy groups -OCH3 is 1. The van der Waals surface area contributed by atoms with Gasteiger partial charge in [-0.25, -0.2) is 0 Å². The number of amides is 1. The lowest BCUT2D eigenvalue weighted by molar-refractivity contribution is -0.151. The van der Waals surface area contributed by atoms with E-state index in [0.29, 0.717) is 19.3 Å². The van der Waals surface area contributed by atoms with Crippen LogP contribution in [0, 0.1) is 5.41 Å². The monoisotopic (exact) mass is 347 g/mol. The van der Waals surface area contributed by atoms with E-state index >= 15 is 0 Å². The number of carboxylic acids is 1. The third-order valence-electron chi connectivity index (χ3n) is 5.40. The number of carboxylic acid groups (broad SMARTS) is 1. The summed E-state index contributed by atoms with van der Waals surface area (Å²) >= 11 is 0. The molecule has 25 heavy (non-hydrogen) atoms. The molecule has 1 atom stereocenters. The summed E-state index contributed by atoms with van der Waals surface area (Å²) in [6.45, 7) is 2.29. The van der Waals surface area contributed by atoms with Gasteiger partial charge in [-0.05, 0) is 42.9 Å². The number of carbonyl (C=O) groups is 2. The van der Waals surface area contributed by atoms with Gasteiger partial charge in [-0.1, -0.05) is 38.3 Å². The van der Waals surface area contributed by atoms with Gasteiger partial charge in [0.25, 0.3) is 0 Å². The third-order valence-corrected chi connectivity index (χ3v) is 5.40. The molecule has 0 heterocycles. The minimum Gasteiger partial charge on any atom is -0.497 e. The summed E-state index contributed by atoms with van der Waals surface area (Å²) in [5, 5.41) is 12.5. The van der Waals surface area contributed by atoms with Crippen molar-refractivity contribution in [3.63, 3.8) is 0 Å². The zero-order valence-electron chi connectivity index (χ0n) is 15.2. The van der Waals surface area contributed by atoms with Crippen molar-refractivity contribution in [3.8, 4) is 5.75 Å². The van der Waals surface area contributed by atoms with Crippen molar-refractivity contribution in [2.75, 3.05) is 13.7 Å². The van der Waals surface area contributed by atoms with Crippen LogP contribution < -0.4 is 10.1 Å². The summed E-state index contributed by atoms with van der Waals surface area (Å²) in [6, 6.07) is 7.77. The summed E-state index contributed by atoms with van der Waals surface area (Å²) in [5.41, 5.74) is 0.319. The molecular formula is C20H29NO4. The summed E-state index contributed by atoms with van der Waals surface area (Å²) in [5.74, 6) is 0.0605. The number of aliphatic carboxylic acids is 1. The molecule has 5 heteroatoms. The Morgan fingerprint density at radius 1 is 1.20 bits per heavy atom. The van der Waals surface area contributed by atoms with Gasteiger partial charge in [0.05, 0.1) is 12.5 Å². The van der Waals surface area contributed by atoms with E-state index in [-0.39, 0.29) is 18.4 Å². The summed E-state index contributed by atoms with van der Waals surface area (Å²) in [4.78, 5) is 24.1. The fraction of sp³-hybridized carbons (Fsp3) is 0.600. The number of ether oxygens (including phenoxy) is 1. The highest BCUT2D eigenvalue weighted by atomic mass is 16.5. The van der Waals surface area contributed by atoms with E-state index < -0.39 is 11.4 Å². The molecule has 1 unspecified atom stereocenters. The number of carbonyl (C=O) groups excluding carboxylic acids is 1. The number of rotatable bonds is 8. The second-order valence-electron chi connectivity index (χ2n) is 7.01. The molecule has 0 radical (unpaired) electrons. The van der Waals surface area contributed by atoms with Gasteiger partial charge >= 0.3 is 5.97 Å². The molecule has 2 rings (SSSR count). The zero-order valence-corrected chi connectivity index (χ0v) is 15.2. The topological polar surface area (TPSA) is 75.6 Å². The Bertz CT molecular complexity index is 576. The highest BCUT2D eigenvalue weighted by molar-refractivity contribution is 5.79. The van der Waals surface area contributed by atoms with E-state index in [1.165, 1.54) is 0 Å². The molecule has 1 aliphatic carbocycles. The van der Waals surface area contributed by atoms with Gasteiger partial charge in [-0.3, -0.25) is 9.59 Å². The Balaban J connectivity index is 1.93. The van der Waals surface area contributed by atoms with Gasteiger partial charge in [0, 0.05) is 13.0 Å². The second-order valence-corrected chi connectivity index (χ2v) is 7.01. The Hall–Kier alpha value is -2.04. The largest absolute Gasteiger partial charge is 0.497 e. The smallest absolute Gasteiger partial charge is 0.311 e. The van der Waals surface area contributed by atoms with Crippen molar-refractivity contribution < 1.29 is 19.4 Å². The van der Waals surface area contributed by atoms with Crippen LogP contribution >= 0.6 is 0 Å². The van der Waals surface area contributed by atoms with Crippen LogP contribution in [0.25, 0.3) is 0 Å². The van der Waals surface area contributed by atoms with Crippen molar-refractivity contribution in [1.29, 1.82) is 0 Å². The maximum Gasteiger partial charge on any atom is 0.311 e. The second kappa shape index (κ2) is 8.88. The van der Waals surface area contributed by atoms with E-state index in [1.54, 1.807) is 7.11 Å². The van der Waals surface area contributed by atoms with E-state index in [1.807, 2.05) is 24.3 Å². The van der Waals surface area contributed by atoms with Gasteiger partial charge in [-0.2, -0.15) is 0 Å². The Morgan fingerprint density at radius 2 is 1.84 bits per heavy atom. The van der Waals surface area contributed by atoms with Gasteiger partial charge in [0.2, 0.25) is 5.91 Å². The number of benzene rings is 1. The molecule has 0 spiro atoms. The van der Waals surface area contributed by atoms with Crippen molar-refractivity contribution in [2.45, 2.75) is 57.8 Å². The van der Waals surface area contributed by atoms with Crippen molar-refractivity contribution in [1.82, 2.24) is 5.32 Å². The van der Waals surface area contributed by atoms with Crippen LogP contribution in [-0.4, -0.2) is 30.6 Å². The van der Waals surface area contributed by atoms with Crippen LogP contribution in [0.1, 0.15) is 63.4 Å². The molecule has 1 saturated carbocycles. The third kappa shape index (κ3) is 4.97. The van der Waals surface area contributed by atoms with E-state index in [0.717, 1.165) is 37.0 Å². The van der Waals surface area contributed by atoms with Crippen LogP contribution in [0.4, 0.5) is 0 Å². The normalized spacial score (nSPS) is 17.5. The first-order valence-corrected chi connectivity index (χ1v) is 9.15. The van der Waals surface area contributed by atoms with Crippen molar-refractivity contribution >= 4 is 11.9 Å². The highest BCUT2D eigenvalue weighted by Crippen LogP contribution is 2.36. The molecular weight excluding hydrogens is 318 g/mol. The Labute approximate surface area is 149 Å². The SMILES string of the molecule is CCC(CC(=O)NCC1(C(=O)O)CCCCC1)c1ccc(OC)cc1. The first-order valence-electron chi connectivity index (χ1n) is 9.15. The molecule has 2 N–H and O–H groups in total. The quantitative estimate of drug-likeness (QED) is 0.751. The summed E-state index contributed by atoms with van der Waals surface area (Å²) < 4.78 is 5.17. The molecule has 0 aromatic heterocycles. The average molecular weight is 347 g/mol. The van der Waals surface area contributed by atoms with Gasteiger partial charge in [-0.15, -0.1) is 0 Å². The van der Waals surface area contributed by atoms with Gasteiger partial charge in [0.15, 0.2) is 0 Å². The van der Waals surface area contributed by atoms with Crippen LogP contribution in [0.15, 0.2) is 24.3 Å². The predicted molar refractivity (Wildman–Crippen MR) is 96.8 cm³/mol. The van der Waals surface area contributed by atoms with Crippen LogP contribution in [0.2, 0.25) is 0 Å². The maximum atomic E-state index is 12.4. The molecule has 1 aromatic carbocycles. The predicted octanol–water partition coefficient (Wildman–Crippen LogP) is 3.73. The molecule has 1 fully saturated rings. The fourth-order valence-corrected chi connectivity index (χ4v) is 3.63. The molecule has 138 valence electrons. The molecule has 1 amide bonds. The van der Waals surface area contributed by atoms with Crippen molar-refractivity contribution in [3.05, 3.63) is 29.8 Å². The Kier molecular flexibility index (Phi) is 6.85. The standard InChI is InChI=1S/C20H29NO4/c1-3-15(16-7-9-17(25-2)10-8-16)13-18(22)21-14-20(19(23)24)11-5-4-6-12-20/h7-10,15H,3-6,11-14H2,1-2H3,(H,21,22)(H,23,24). The first-order chi connectivity index (χ1) is 12.0. The summed E-state index contributed by atoms with van der Waals surface area (Å²) in [7, 11) is 1.63. The minimum absolute atomic E-state index is 0.0751. The molecule has 1 aliphatic rings. The molecule has 5 nitrogen and oxygen atoms in total. The maximum absolute atomic E-state index is 12.4. The highest BCUT2D eigenvalue weighted by Gasteiger charge is 2.39. The average Bonchev–Trinajstić information content (AvgIpc) is 2.65. The summed E-state index contributed by atoms with van der Waals surface area (Å²) in [6.07, 6.45) is 5.45. The van der Waals surface area contributed by atoms with Gasteiger partial charge in [0.1, 0.15) is 5.75 Å². The minimum atomic E-state index is -0.783. The van der Waals surface area contributed by atoms with Crippen LogP contribution in [0.3, 0.4) is 0 Å². The molecule has 0 bridgehead atoms. The fourth-order valence-electron chi connectivity index (χ4n) is 3.63. The van der Waals surface area contributed by atoms with E-state index in [9.17, 15) is 14.7 Å². The molecule has 1 aromatic rings. The lowest BCUT2D eigenvalue weighted by Gasteiger charge is -2.33. The zero-order chi connectivity index (χ0) is 18.3. The molecule has 0 aliphatic heterocycles. The number of hydrogen-bond donors (Lipinski definition) is 2. The lowest BCUT2D eigenvalue weighted by Crippen LogP contribution is -2.44. The van der Waals surface area contributed by atoms with E-state index in [4.69, 9.17) is 4.74 Å². The number of hydrogen-bond acceptors (Lipinski definition) is 3. The first kappa shape index (κ1) is 19.3. The molecule has 0 saturated heterocycles. The van der Waals surface area contributed by atoms with E-state index in [2.05, 4.69) is 12.2 Å². The Morgan fingerprint density at radius 3 is 2.36 bits per heavy atom.